The molecule has 0 aromatic rings. The predicted octanol–water partition coefficient (Wildman–Crippen LogP) is 5.44. The van der Waals surface area contributed by atoms with Gasteiger partial charge in [0.15, 0.2) is 0 Å². The van der Waals surface area contributed by atoms with Crippen molar-refractivity contribution in [2.75, 3.05) is 13.1 Å². The van der Waals surface area contributed by atoms with Crippen LogP contribution < -0.4 is 0 Å². The number of nitrogens with zero attached hydrogens (tertiary/aromatic N) is 2. The molecule has 2 N–H and O–H groups in total. The zero-order chi connectivity index (χ0) is 22.2. The molecule has 0 aromatic heterocycles. The summed E-state index contributed by atoms with van der Waals surface area (Å²) in [6.07, 6.45) is 15.9. The van der Waals surface area contributed by atoms with Crippen molar-refractivity contribution in [2.45, 2.75) is 95.7 Å². The number of carbonyl (C=O) groups excluding carboxylic acids is 1. The molecule has 3 aliphatic rings. The minimum Gasteiger partial charge on any atom is -0.342 e. The Morgan fingerprint density at radius 1 is 1.23 bits per heavy atom. The molecule has 1 saturated heterocycles. The van der Waals surface area contributed by atoms with Crippen LogP contribution in [-0.2, 0) is 4.79 Å². The lowest BCUT2D eigenvalue weighted by Crippen LogP contribution is -2.36. The first-order valence-electron chi connectivity index (χ1n) is 12.4. The predicted molar refractivity (Wildman–Crippen MR) is 134 cm³/mol. The molecule has 1 heterocycles. The maximum atomic E-state index is 12.9. The van der Waals surface area contributed by atoms with Gasteiger partial charge < -0.3 is 15.7 Å². The molecule has 1 aliphatic heterocycles. The van der Waals surface area contributed by atoms with E-state index >= 15 is 0 Å². The van der Waals surface area contributed by atoms with Crippen molar-refractivity contribution in [2.24, 2.45) is 16.8 Å². The fourth-order valence-corrected chi connectivity index (χ4v) is 5.90. The van der Waals surface area contributed by atoms with Crippen LogP contribution in [0.25, 0.3) is 0 Å². The van der Waals surface area contributed by atoms with E-state index < -0.39 is 0 Å². The summed E-state index contributed by atoms with van der Waals surface area (Å²) in [6.45, 7) is 3.89. The summed E-state index contributed by atoms with van der Waals surface area (Å²) < 4.78 is 0. The van der Waals surface area contributed by atoms with E-state index in [0.29, 0.717) is 48.3 Å². The molecule has 6 heteroatoms. The van der Waals surface area contributed by atoms with Crippen LogP contribution in [0.1, 0.15) is 84.0 Å². The van der Waals surface area contributed by atoms with Crippen molar-refractivity contribution in [3.8, 4) is 0 Å². The van der Waals surface area contributed by atoms with Crippen molar-refractivity contribution in [1.82, 2.24) is 4.90 Å². The van der Waals surface area contributed by atoms with E-state index in [0.717, 1.165) is 44.5 Å². The molecule has 0 aromatic carbocycles. The van der Waals surface area contributed by atoms with Gasteiger partial charge in [0.2, 0.25) is 5.91 Å². The Hall–Kier alpha value is -1.35. The van der Waals surface area contributed by atoms with Gasteiger partial charge in [0.25, 0.3) is 0 Å². The van der Waals surface area contributed by atoms with Crippen molar-refractivity contribution >= 4 is 32.3 Å². The number of rotatable bonds is 6. The van der Waals surface area contributed by atoms with Crippen LogP contribution in [0.3, 0.4) is 0 Å². The fourth-order valence-electron chi connectivity index (χ4n) is 5.26. The van der Waals surface area contributed by atoms with Gasteiger partial charge in [-0.3, -0.25) is 9.79 Å². The minimum absolute atomic E-state index is 0.162. The van der Waals surface area contributed by atoms with Gasteiger partial charge in [-0.1, -0.05) is 38.7 Å². The van der Waals surface area contributed by atoms with E-state index in [1.807, 2.05) is 4.90 Å². The molecular weight excluding hydrogens is 403 g/mol. The van der Waals surface area contributed by atoms with Crippen LogP contribution in [-0.4, -0.2) is 52.7 Å². The molecule has 1 amide bonds. The second kappa shape index (κ2) is 12.0. The van der Waals surface area contributed by atoms with Crippen LogP contribution in [0.15, 0.2) is 17.1 Å². The zero-order valence-corrected chi connectivity index (χ0v) is 20.4. The number of amides is 1. The third-order valence-corrected chi connectivity index (χ3v) is 7.69. The highest BCUT2D eigenvalue weighted by molar-refractivity contribution is 7.17. The highest BCUT2D eigenvalue weighted by atomic mass is 31.0. The van der Waals surface area contributed by atoms with Crippen LogP contribution in [0.2, 0.25) is 0 Å². The molecule has 172 valence electrons. The van der Waals surface area contributed by atoms with Gasteiger partial charge in [-0.25, -0.2) is 0 Å². The van der Waals surface area contributed by atoms with E-state index in [1.165, 1.54) is 32.1 Å². The minimum atomic E-state index is -0.337. The summed E-state index contributed by atoms with van der Waals surface area (Å²) in [5, 5.41) is 17.4. The lowest BCUT2D eigenvalue weighted by molar-refractivity contribution is -0.131. The molecule has 0 bridgehead atoms. The van der Waals surface area contributed by atoms with Gasteiger partial charge in [0.1, 0.15) is 0 Å². The standard InChI is InChI=1S/C25H41N4OP/c1-2-18-14-15-29(17-20(31)16-18)24(30)13-12-22(27)25-21(26)10-6-7-11-23(25)28-19-8-4-3-5-9-19/h7,11,18-20,25-27H,2-6,8-10,12-17,31H2,1H3. The first-order chi connectivity index (χ1) is 15.0. The Labute approximate surface area is 190 Å². The van der Waals surface area contributed by atoms with Crippen LogP contribution >= 0.6 is 9.24 Å². The van der Waals surface area contributed by atoms with Crippen molar-refractivity contribution < 1.29 is 4.79 Å². The van der Waals surface area contributed by atoms with Crippen LogP contribution in [0.5, 0.6) is 0 Å². The van der Waals surface area contributed by atoms with Crippen molar-refractivity contribution in [3.63, 3.8) is 0 Å². The second-order valence-corrected chi connectivity index (χ2v) is 10.6. The molecular formula is C25H41N4OP. The molecule has 2 aliphatic carbocycles. The molecule has 2 fully saturated rings. The quantitative estimate of drug-likeness (QED) is 0.415. The average Bonchev–Trinajstić information content (AvgIpc) is 3.07. The summed E-state index contributed by atoms with van der Waals surface area (Å²) in [5.74, 6) is 0.530. The van der Waals surface area contributed by atoms with Crippen molar-refractivity contribution in [1.29, 1.82) is 10.8 Å². The van der Waals surface area contributed by atoms with Crippen molar-refractivity contribution in [3.05, 3.63) is 12.2 Å². The number of aliphatic imine (C=N–C) groups is 1. The van der Waals surface area contributed by atoms with E-state index in [9.17, 15) is 4.79 Å². The van der Waals surface area contributed by atoms with Gasteiger partial charge in [-0.2, -0.15) is 0 Å². The van der Waals surface area contributed by atoms with Gasteiger partial charge in [0.05, 0.1) is 12.0 Å². The lowest BCUT2D eigenvalue weighted by Gasteiger charge is -2.25. The smallest absolute Gasteiger partial charge is 0.222 e. The molecule has 3 rings (SSSR count). The zero-order valence-electron chi connectivity index (χ0n) is 19.2. The number of allylic oxidation sites excluding steroid dienone is 2. The Morgan fingerprint density at radius 3 is 2.74 bits per heavy atom. The number of carbonyl (C=O) groups is 1. The third-order valence-electron chi connectivity index (χ3n) is 7.20. The number of hydrogen-bond acceptors (Lipinski definition) is 4. The van der Waals surface area contributed by atoms with Crippen LogP contribution in [0.4, 0.5) is 0 Å². The summed E-state index contributed by atoms with van der Waals surface area (Å²) in [4.78, 5) is 20.0. The largest absolute Gasteiger partial charge is 0.342 e. The highest BCUT2D eigenvalue weighted by Gasteiger charge is 2.29. The number of likely N-dealkylation sites (tertiary alicyclic amines) is 1. The van der Waals surface area contributed by atoms with Gasteiger partial charge in [0, 0.05) is 36.6 Å². The number of hydrogen-bond donors (Lipinski definition) is 2. The SMILES string of the molecule is CCC1CCN(C(=O)CCC(=N)C2C(=N)CCC=CC2=NC2CCCCC2)CC(P)C1. The topological polar surface area (TPSA) is 80.4 Å². The summed E-state index contributed by atoms with van der Waals surface area (Å²) in [7, 11) is 2.92. The third kappa shape index (κ3) is 7.07. The molecule has 5 nitrogen and oxygen atoms in total. The Kier molecular flexibility index (Phi) is 9.44. The van der Waals surface area contributed by atoms with E-state index in [1.54, 1.807) is 0 Å². The molecule has 4 atom stereocenters. The summed E-state index contributed by atoms with van der Waals surface area (Å²) in [6, 6.07) is 0.332. The maximum Gasteiger partial charge on any atom is 0.222 e. The molecule has 0 spiro atoms. The first-order valence-corrected chi connectivity index (χ1v) is 13.1. The lowest BCUT2D eigenvalue weighted by atomic mass is 9.88. The Morgan fingerprint density at radius 2 is 2.00 bits per heavy atom. The normalized spacial score (nSPS) is 29.6. The molecule has 0 radical (unpaired) electrons. The second-order valence-electron chi connectivity index (χ2n) is 9.67. The van der Waals surface area contributed by atoms with Gasteiger partial charge >= 0.3 is 0 Å². The fraction of sp³-hybridized carbons (Fsp3) is 0.760. The Bertz CT molecular complexity index is 710. The van der Waals surface area contributed by atoms with E-state index in [4.69, 9.17) is 15.8 Å². The average molecular weight is 445 g/mol. The van der Waals surface area contributed by atoms with Gasteiger partial charge in [-0.05, 0) is 62.6 Å². The highest BCUT2D eigenvalue weighted by Crippen LogP contribution is 2.26. The summed E-state index contributed by atoms with van der Waals surface area (Å²) >= 11 is 0. The molecule has 1 saturated carbocycles. The number of nitrogens with one attached hydrogen (secondary N) is 2. The first kappa shape index (κ1) is 24.3. The monoisotopic (exact) mass is 444 g/mol. The summed E-state index contributed by atoms with van der Waals surface area (Å²) in [5.41, 5.74) is 2.42. The molecule has 31 heavy (non-hydrogen) atoms. The van der Waals surface area contributed by atoms with Gasteiger partial charge in [-0.15, -0.1) is 9.24 Å². The molecule has 4 unspecified atom stereocenters. The van der Waals surface area contributed by atoms with Crippen LogP contribution in [0, 0.1) is 22.7 Å². The van der Waals surface area contributed by atoms with E-state index in [2.05, 4.69) is 28.3 Å². The maximum absolute atomic E-state index is 12.9. The Balaban J connectivity index is 1.62. The van der Waals surface area contributed by atoms with E-state index in [-0.39, 0.29) is 11.8 Å².